The predicted octanol–water partition coefficient (Wildman–Crippen LogP) is 3.73. The molecule has 0 spiro atoms. The lowest BCUT2D eigenvalue weighted by molar-refractivity contribution is 0.354. The standard InChI is InChI=1S/C19H28N4O2S.HI/c1-6-20-19(22-13-16-12-21-14(2)26-16)23(3)10-9-15-7-8-17(24-4)18(11-15)25-5;/h7-8,11-12H,6,9-10,13H2,1-5H3,(H,20,22);1H. The predicted molar refractivity (Wildman–Crippen MR) is 123 cm³/mol. The van der Waals surface area contributed by atoms with Gasteiger partial charge in [0.15, 0.2) is 17.5 Å². The van der Waals surface area contributed by atoms with Gasteiger partial charge in [0, 0.05) is 31.2 Å². The molecule has 0 saturated carbocycles. The van der Waals surface area contributed by atoms with Crippen molar-refractivity contribution in [2.24, 2.45) is 4.99 Å². The second-order valence-corrected chi connectivity index (χ2v) is 7.20. The van der Waals surface area contributed by atoms with Crippen LogP contribution in [0.25, 0.3) is 0 Å². The van der Waals surface area contributed by atoms with Crippen LogP contribution in [-0.4, -0.2) is 50.2 Å². The molecule has 6 nitrogen and oxygen atoms in total. The molecule has 0 aliphatic carbocycles. The van der Waals surface area contributed by atoms with Gasteiger partial charge in [0.1, 0.15) is 0 Å². The van der Waals surface area contributed by atoms with Gasteiger partial charge < -0.3 is 19.7 Å². The number of halogens is 1. The monoisotopic (exact) mass is 504 g/mol. The number of ether oxygens (including phenoxy) is 2. The molecule has 0 saturated heterocycles. The summed E-state index contributed by atoms with van der Waals surface area (Å²) < 4.78 is 10.7. The summed E-state index contributed by atoms with van der Waals surface area (Å²) in [5, 5.41) is 4.42. The van der Waals surface area contributed by atoms with Crippen LogP contribution in [0.5, 0.6) is 11.5 Å². The van der Waals surface area contributed by atoms with Gasteiger partial charge in [0.05, 0.1) is 25.8 Å². The largest absolute Gasteiger partial charge is 0.493 e. The van der Waals surface area contributed by atoms with E-state index in [1.165, 1.54) is 10.4 Å². The summed E-state index contributed by atoms with van der Waals surface area (Å²) >= 11 is 1.69. The Kier molecular flexibility index (Phi) is 10.5. The Bertz CT molecular complexity index is 736. The maximum atomic E-state index is 5.38. The van der Waals surface area contributed by atoms with Crippen molar-refractivity contribution in [3.63, 3.8) is 0 Å². The summed E-state index contributed by atoms with van der Waals surface area (Å²) in [7, 11) is 5.36. The van der Waals surface area contributed by atoms with E-state index >= 15 is 0 Å². The molecule has 0 aliphatic rings. The lowest BCUT2D eigenvalue weighted by Gasteiger charge is -2.22. The van der Waals surface area contributed by atoms with Crippen LogP contribution in [0.1, 0.15) is 22.4 Å². The van der Waals surface area contributed by atoms with Crippen LogP contribution < -0.4 is 14.8 Å². The second kappa shape index (κ2) is 12.0. The average Bonchev–Trinajstić information content (AvgIpc) is 3.08. The minimum Gasteiger partial charge on any atom is -0.493 e. The van der Waals surface area contributed by atoms with E-state index in [4.69, 9.17) is 14.5 Å². The quantitative estimate of drug-likeness (QED) is 0.338. The molecular formula is C19H29IN4O2S. The fourth-order valence-corrected chi connectivity index (χ4v) is 3.26. The van der Waals surface area contributed by atoms with Crippen molar-refractivity contribution in [2.45, 2.75) is 26.8 Å². The van der Waals surface area contributed by atoms with E-state index in [9.17, 15) is 0 Å². The highest BCUT2D eigenvalue weighted by Gasteiger charge is 2.09. The van der Waals surface area contributed by atoms with E-state index in [0.717, 1.165) is 42.0 Å². The number of guanidine groups is 1. The smallest absolute Gasteiger partial charge is 0.194 e. The molecule has 1 N–H and O–H groups in total. The Balaban J connectivity index is 0.00000364. The van der Waals surface area contributed by atoms with Crippen LogP contribution in [0.3, 0.4) is 0 Å². The summed E-state index contributed by atoms with van der Waals surface area (Å²) in [4.78, 5) is 12.3. The van der Waals surface area contributed by atoms with Crippen LogP contribution in [0.4, 0.5) is 0 Å². The number of likely N-dealkylation sites (N-methyl/N-ethyl adjacent to an activating group) is 1. The van der Waals surface area contributed by atoms with Gasteiger partial charge in [0.25, 0.3) is 0 Å². The minimum atomic E-state index is 0. The van der Waals surface area contributed by atoms with Gasteiger partial charge >= 0.3 is 0 Å². The van der Waals surface area contributed by atoms with E-state index in [2.05, 4.69) is 35.2 Å². The SMILES string of the molecule is CCNC(=NCc1cnc(C)s1)N(C)CCc1ccc(OC)c(OC)c1.I. The second-order valence-electron chi connectivity index (χ2n) is 5.88. The topological polar surface area (TPSA) is 59.0 Å². The van der Waals surface area contributed by atoms with Crippen molar-refractivity contribution in [2.75, 3.05) is 34.4 Å². The lowest BCUT2D eigenvalue weighted by atomic mass is 10.1. The molecule has 0 atom stereocenters. The Morgan fingerprint density at radius 2 is 2.00 bits per heavy atom. The molecule has 8 heteroatoms. The van der Waals surface area contributed by atoms with Crippen LogP contribution in [-0.2, 0) is 13.0 Å². The van der Waals surface area contributed by atoms with Crippen LogP contribution in [0, 0.1) is 6.92 Å². The molecule has 0 amide bonds. The highest BCUT2D eigenvalue weighted by Crippen LogP contribution is 2.27. The number of nitrogens with one attached hydrogen (secondary N) is 1. The van der Waals surface area contributed by atoms with Gasteiger partial charge in [-0.05, 0) is 38.0 Å². The summed E-state index contributed by atoms with van der Waals surface area (Å²) in [5.74, 6) is 2.41. The van der Waals surface area contributed by atoms with Crippen molar-refractivity contribution in [3.8, 4) is 11.5 Å². The third kappa shape index (κ3) is 7.17. The molecule has 2 aromatic rings. The molecule has 1 aromatic carbocycles. The van der Waals surface area contributed by atoms with Crippen molar-refractivity contribution in [3.05, 3.63) is 39.8 Å². The Labute approximate surface area is 183 Å². The van der Waals surface area contributed by atoms with E-state index in [1.54, 1.807) is 25.6 Å². The summed E-state index contributed by atoms with van der Waals surface area (Å²) in [6, 6.07) is 6.04. The fourth-order valence-electron chi connectivity index (χ4n) is 2.54. The number of thiazole rings is 1. The van der Waals surface area contributed by atoms with Crippen molar-refractivity contribution >= 4 is 41.3 Å². The molecular weight excluding hydrogens is 475 g/mol. The normalized spacial score (nSPS) is 10.9. The molecule has 0 bridgehead atoms. The van der Waals surface area contributed by atoms with Gasteiger partial charge in [-0.1, -0.05) is 6.07 Å². The average molecular weight is 504 g/mol. The van der Waals surface area contributed by atoms with Crippen LogP contribution in [0.2, 0.25) is 0 Å². The number of methoxy groups -OCH3 is 2. The van der Waals surface area contributed by atoms with Gasteiger partial charge in [-0.15, -0.1) is 35.3 Å². The Morgan fingerprint density at radius 3 is 2.59 bits per heavy atom. The van der Waals surface area contributed by atoms with Gasteiger partial charge in [-0.3, -0.25) is 0 Å². The van der Waals surface area contributed by atoms with Crippen molar-refractivity contribution in [1.82, 2.24) is 15.2 Å². The summed E-state index contributed by atoms with van der Waals surface area (Å²) in [6.45, 7) is 6.42. The van der Waals surface area contributed by atoms with E-state index in [1.807, 2.05) is 25.3 Å². The number of aromatic nitrogens is 1. The fraction of sp³-hybridized carbons (Fsp3) is 0.474. The number of hydrogen-bond donors (Lipinski definition) is 1. The number of benzene rings is 1. The molecule has 0 aliphatic heterocycles. The first-order valence-corrected chi connectivity index (χ1v) is 9.50. The van der Waals surface area contributed by atoms with E-state index < -0.39 is 0 Å². The first kappa shape index (κ1) is 23.5. The van der Waals surface area contributed by atoms with Crippen LogP contribution >= 0.6 is 35.3 Å². The van der Waals surface area contributed by atoms with Gasteiger partial charge in [-0.25, -0.2) is 9.98 Å². The Morgan fingerprint density at radius 1 is 1.26 bits per heavy atom. The Hall–Kier alpha value is -1.55. The molecule has 2 rings (SSSR count). The lowest BCUT2D eigenvalue weighted by Crippen LogP contribution is -2.39. The molecule has 1 heterocycles. The van der Waals surface area contributed by atoms with E-state index in [0.29, 0.717) is 6.54 Å². The van der Waals surface area contributed by atoms with Gasteiger partial charge in [-0.2, -0.15) is 0 Å². The van der Waals surface area contributed by atoms with Crippen molar-refractivity contribution in [1.29, 1.82) is 0 Å². The highest BCUT2D eigenvalue weighted by molar-refractivity contribution is 14.0. The number of rotatable bonds is 8. The van der Waals surface area contributed by atoms with Gasteiger partial charge in [0.2, 0.25) is 0 Å². The maximum absolute atomic E-state index is 5.38. The molecule has 150 valence electrons. The zero-order valence-electron chi connectivity index (χ0n) is 16.6. The molecule has 27 heavy (non-hydrogen) atoms. The summed E-state index contributed by atoms with van der Waals surface area (Å²) in [5.41, 5.74) is 1.20. The molecule has 1 aromatic heterocycles. The number of aryl methyl sites for hydroxylation is 1. The maximum Gasteiger partial charge on any atom is 0.194 e. The molecule has 0 radical (unpaired) electrons. The molecule has 0 unspecified atom stereocenters. The first-order valence-electron chi connectivity index (χ1n) is 8.69. The summed E-state index contributed by atoms with van der Waals surface area (Å²) in [6.07, 6.45) is 2.79. The van der Waals surface area contributed by atoms with Crippen molar-refractivity contribution < 1.29 is 9.47 Å². The minimum absolute atomic E-state index is 0. The molecule has 0 fully saturated rings. The third-order valence-electron chi connectivity index (χ3n) is 3.93. The number of nitrogens with zero attached hydrogens (tertiary/aromatic N) is 3. The zero-order chi connectivity index (χ0) is 18.9. The zero-order valence-corrected chi connectivity index (χ0v) is 19.8. The van der Waals surface area contributed by atoms with E-state index in [-0.39, 0.29) is 24.0 Å². The third-order valence-corrected chi connectivity index (χ3v) is 4.83. The first-order chi connectivity index (χ1) is 12.6. The number of aliphatic imine (C=N–C) groups is 1. The highest BCUT2D eigenvalue weighted by atomic mass is 127. The van der Waals surface area contributed by atoms with Crippen LogP contribution in [0.15, 0.2) is 29.4 Å². The number of hydrogen-bond acceptors (Lipinski definition) is 5.